The number of anilines is 2. The number of alkyl halides is 1. The molecule has 0 radical (unpaired) electrons. The van der Waals surface area contributed by atoms with Gasteiger partial charge in [-0.15, -0.1) is 0 Å². The molecule has 3 heterocycles. The topological polar surface area (TPSA) is 197 Å². The van der Waals surface area contributed by atoms with Gasteiger partial charge < -0.3 is 39.2 Å². The van der Waals surface area contributed by atoms with Crippen molar-refractivity contribution in [1.82, 2.24) is 9.88 Å². The number of piperidine rings is 1. The normalized spacial score (nSPS) is 19.9. The van der Waals surface area contributed by atoms with Gasteiger partial charge in [-0.25, -0.2) is 18.5 Å². The Bertz CT molecular complexity index is 1910. The third-order valence-corrected chi connectivity index (χ3v) is 9.38. The fourth-order valence-corrected chi connectivity index (χ4v) is 6.90. The van der Waals surface area contributed by atoms with Crippen LogP contribution in [0.5, 0.6) is 5.75 Å². The second-order valence-corrected chi connectivity index (χ2v) is 13.4. The highest BCUT2D eigenvalue weighted by atomic mass is 31.2. The maximum Gasteiger partial charge on any atom is 0.470 e. The molecule has 4 N–H and O–H groups in total. The minimum atomic E-state index is -5.25. The van der Waals surface area contributed by atoms with E-state index in [9.17, 15) is 38.6 Å². The summed E-state index contributed by atoms with van der Waals surface area (Å²) in [5.74, 6) is -2.56. The monoisotopic (exact) mass is 706 g/mol. The van der Waals surface area contributed by atoms with Gasteiger partial charge in [0.25, 0.3) is 6.36 Å². The van der Waals surface area contributed by atoms with Crippen molar-refractivity contribution in [3.05, 3.63) is 64.2 Å². The fourth-order valence-electron chi connectivity index (χ4n) is 6.16. The van der Waals surface area contributed by atoms with E-state index in [0.29, 0.717) is 11.2 Å². The summed E-state index contributed by atoms with van der Waals surface area (Å²) in [7, 11) is -5.25. The first-order chi connectivity index (χ1) is 23.1. The molecule has 15 nitrogen and oxygen atoms in total. The number of pyridine rings is 1. The molecule has 18 heteroatoms. The predicted octanol–water partition coefficient (Wildman–Crippen LogP) is 3.46. The number of nitrogens with one attached hydrogen (secondary N) is 1. The van der Waals surface area contributed by atoms with E-state index >= 15 is 8.78 Å². The number of cyclic esters (lactones) is 1. The summed E-state index contributed by atoms with van der Waals surface area (Å²) in [6.45, 7) is 1.37. The number of carboxylic acids is 1. The van der Waals surface area contributed by atoms with E-state index in [2.05, 4.69) is 5.32 Å². The van der Waals surface area contributed by atoms with Gasteiger partial charge in [-0.3, -0.25) is 19.0 Å². The third-order valence-electron chi connectivity index (χ3n) is 8.78. The molecule has 2 atom stereocenters. The van der Waals surface area contributed by atoms with Crippen molar-refractivity contribution < 1.29 is 56.6 Å². The number of benzene rings is 2. The molecule has 2 aromatic carbocycles. The van der Waals surface area contributed by atoms with Crippen molar-refractivity contribution in [3.8, 4) is 5.75 Å². The van der Waals surface area contributed by atoms with Crippen LogP contribution in [0.2, 0.25) is 0 Å². The van der Waals surface area contributed by atoms with E-state index in [1.807, 2.05) is 0 Å². The second kappa shape index (κ2) is 13.0. The lowest BCUT2D eigenvalue weighted by Gasteiger charge is -2.43. The lowest BCUT2D eigenvalue weighted by Crippen LogP contribution is -2.53. The molecule has 3 aliphatic rings. The van der Waals surface area contributed by atoms with E-state index in [-0.39, 0.29) is 67.8 Å². The Morgan fingerprint density at radius 2 is 1.82 bits per heavy atom. The number of halogens is 2. The van der Waals surface area contributed by atoms with Crippen LogP contribution >= 0.6 is 7.82 Å². The molecule has 3 aromatic rings. The average Bonchev–Trinajstić information content (AvgIpc) is 3.81. The van der Waals surface area contributed by atoms with Crippen molar-refractivity contribution in [2.45, 2.75) is 56.7 Å². The number of phosphoric acid groups is 1. The highest BCUT2D eigenvalue weighted by molar-refractivity contribution is 7.46. The van der Waals surface area contributed by atoms with Gasteiger partial charge in [0, 0.05) is 56.2 Å². The van der Waals surface area contributed by atoms with Gasteiger partial charge in [-0.1, -0.05) is 0 Å². The fraction of sp³-hybridized carbons (Fsp3) is 0.419. The molecular weight excluding hydrogens is 673 g/mol. The zero-order chi connectivity index (χ0) is 35.2. The number of aromatic nitrogens is 1. The van der Waals surface area contributed by atoms with Crippen LogP contribution in [-0.2, 0) is 18.6 Å². The Balaban J connectivity index is 1.19. The first-order valence-electron chi connectivity index (χ1n) is 15.4. The van der Waals surface area contributed by atoms with E-state index in [1.54, 1.807) is 4.57 Å². The van der Waals surface area contributed by atoms with Crippen molar-refractivity contribution in [3.63, 3.8) is 0 Å². The Kier molecular flexibility index (Phi) is 9.13. The van der Waals surface area contributed by atoms with Crippen molar-refractivity contribution in [1.29, 1.82) is 0 Å². The summed E-state index contributed by atoms with van der Waals surface area (Å²) in [5, 5.41) is 12.0. The van der Waals surface area contributed by atoms with E-state index < -0.39 is 54.8 Å². The van der Waals surface area contributed by atoms with Gasteiger partial charge in [-0.2, -0.15) is 4.39 Å². The molecule has 0 spiro atoms. The maximum atomic E-state index is 15.9. The third kappa shape index (κ3) is 7.25. The van der Waals surface area contributed by atoms with Gasteiger partial charge in [0.2, 0.25) is 11.3 Å². The zero-order valence-electron chi connectivity index (χ0n) is 26.1. The van der Waals surface area contributed by atoms with Crippen LogP contribution in [0.4, 0.5) is 25.0 Å². The van der Waals surface area contributed by atoms with Crippen LogP contribution in [0, 0.1) is 5.82 Å². The summed E-state index contributed by atoms with van der Waals surface area (Å²) >= 11 is 0. The molecule has 1 aromatic heterocycles. The quantitative estimate of drug-likeness (QED) is 0.212. The number of aromatic carboxylic acids is 1. The standard InChI is InChI=1S/C31H33F2N4O11P/c1-17(38)34-14-21-15-37(30(42)47-21)19-4-6-20(7-5-19)46-29(33)31(48-49(43,44)45)8-10-35(11-9-31)26-13-25-22(12-24(26)32)27(39)23(28(40)41)16-36(25)18-2-3-18/h4-7,12-13,16,18,21,29H,2-3,8-11,14-15H2,1H3,(H,34,38)(H,40,41)(H2,43,44,45)/t21-,29?/m0/s1. The number of hydrogen-bond acceptors (Lipinski definition) is 9. The van der Waals surface area contributed by atoms with Crippen molar-refractivity contribution >= 4 is 48.1 Å². The van der Waals surface area contributed by atoms with Gasteiger partial charge in [0.1, 0.15) is 23.2 Å². The number of nitrogens with zero attached hydrogens (tertiary/aromatic N) is 3. The molecule has 1 aliphatic carbocycles. The average molecular weight is 707 g/mol. The number of carbonyl (C=O) groups excluding carboxylic acids is 2. The second-order valence-electron chi connectivity index (χ2n) is 12.3. The molecule has 3 fully saturated rings. The number of ether oxygens (including phenoxy) is 2. The zero-order valence-corrected chi connectivity index (χ0v) is 27.0. The highest BCUT2D eigenvalue weighted by Crippen LogP contribution is 2.48. The molecule has 1 saturated carbocycles. The molecule has 2 aliphatic heterocycles. The summed E-state index contributed by atoms with van der Waals surface area (Å²) < 4.78 is 60.8. The number of phosphoric ester groups is 1. The first kappa shape index (κ1) is 34.3. The number of carboxylic acid groups (broad SMARTS) is 1. The van der Waals surface area contributed by atoms with Gasteiger partial charge in [0.05, 0.1) is 24.3 Å². The number of rotatable bonds is 11. The molecule has 2 saturated heterocycles. The van der Waals surface area contributed by atoms with Crippen LogP contribution in [0.25, 0.3) is 10.9 Å². The smallest absolute Gasteiger partial charge is 0.470 e. The number of amides is 2. The van der Waals surface area contributed by atoms with Crippen LogP contribution in [0.1, 0.15) is 49.0 Å². The number of carbonyl (C=O) groups is 3. The van der Waals surface area contributed by atoms with Gasteiger partial charge >= 0.3 is 19.9 Å². The number of hydrogen-bond donors (Lipinski definition) is 4. The molecular formula is C31H33F2N4O11P. The number of fused-ring (bicyclic) bond motifs is 1. The summed E-state index contributed by atoms with van der Waals surface area (Å²) in [6.07, 6.45) is -1.52. The Hall–Kier alpha value is -4.57. The minimum absolute atomic E-state index is 0.0333. The van der Waals surface area contributed by atoms with Gasteiger partial charge in [0.15, 0.2) is 5.60 Å². The molecule has 2 amide bonds. The Morgan fingerprint density at radius 1 is 1.14 bits per heavy atom. The van der Waals surface area contributed by atoms with Crippen molar-refractivity contribution in [2.24, 2.45) is 0 Å². The summed E-state index contributed by atoms with van der Waals surface area (Å²) in [6, 6.07) is 7.99. The SMILES string of the molecule is CC(=O)NC[C@H]1CN(c2ccc(OC(F)C3(OP(=O)(O)O)CCN(c4cc5c(cc4F)c(=O)c(C(=O)O)cn5C4CC4)CC3)cc2)C(=O)O1. The maximum absolute atomic E-state index is 15.9. The Labute approximate surface area is 277 Å². The molecule has 262 valence electrons. The first-order valence-corrected chi connectivity index (χ1v) is 16.9. The Morgan fingerprint density at radius 3 is 2.41 bits per heavy atom. The predicted molar refractivity (Wildman–Crippen MR) is 169 cm³/mol. The minimum Gasteiger partial charge on any atom is -0.477 e. The van der Waals surface area contributed by atoms with Crippen LogP contribution in [-0.4, -0.2) is 81.7 Å². The van der Waals surface area contributed by atoms with E-state index in [1.165, 1.54) is 53.3 Å². The molecule has 0 bridgehead atoms. The molecule has 6 rings (SSSR count). The molecule has 49 heavy (non-hydrogen) atoms. The van der Waals surface area contributed by atoms with E-state index in [0.717, 1.165) is 18.9 Å². The highest BCUT2D eigenvalue weighted by Gasteiger charge is 2.49. The van der Waals surface area contributed by atoms with Crippen molar-refractivity contribution in [2.75, 3.05) is 36.0 Å². The lowest BCUT2D eigenvalue weighted by molar-refractivity contribution is -0.129. The van der Waals surface area contributed by atoms with Gasteiger partial charge in [-0.05, 0) is 49.2 Å². The van der Waals surface area contributed by atoms with Crippen LogP contribution in [0.15, 0.2) is 47.4 Å². The summed E-state index contributed by atoms with van der Waals surface area (Å²) in [5.41, 5.74) is -2.66. The lowest BCUT2D eigenvalue weighted by atomic mass is 9.90. The van der Waals surface area contributed by atoms with Crippen LogP contribution in [0.3, 0.4) is 0 Å². The largest absolute Gasteiger partial charge is 0.477 e. The van der Waals surface area contributed by atoms with Crippen LogP contribution < -0.4 is 25.3 Å². The van der Waals surface area contributed by atoms with E-state index in [4.69, 9.17) is 14.0 Å². The molecule has 1 unspecified atom stereocenters. The summed E-state index contributed by atoms with van der Waals surface area (Å²) in [4.78, 5) is 70.3.